The molecule has 1 aliphatic rings. The maximum Gasteiger partial charge on any atom is 0.165 e. The predicted molar refractivity (Wildman–Crippen MR) is 253 cm³/mol. The average molecular weight is 798 g/mol. The second kappa shape index (κ2) is 13.5. The zero-order valence-electron chi connectivity index (χ0n) is 33.0. The van der Waals surface area contributed by atoms with E-state index in [9.17, 15) is 0 Å². The maximum absolute atomic E-state index is 6.80. The molecule has 9 aromatic carbocycles. The van der Waals surface area contributed by atoms with Gasteiger partial charge in [-0.15, -0.1) is 11.3 Å². The Morgan fingerprint density at radius 1 is 0.475 bits per heavy atom. The van der Waals surface area contributed by atoms with Crippen molar-refractivity contribution in [1.82, 2.24) is 15.0 Å². The first-order valence-corrected chi connectivity index (χ1v) is 21.7. The van der Waals surface area contributed by atoms with Crippen molar-refractivity contribution in [2.24, 2.45) is 0 Å². The molecule has 286 valence electrons. The van der Waals surface area contributed by atoms with Crippen molar-refractivity contribution >= 4 is 75.0 Å². The van der Waals surface area contributed by atoms with E-state index in [1.807, 2.05) is 24.3 Å². The average Bonchev–Trinajstić information content (AvgIpc) is 3.85. The molecule has 4 nitrogen and oxygen atoms in total. The van der Waals surface area contributed by atoms with Gasteiger partial charge in [-0.3, -0.25) is 0 Å². The summed E-state index contributed by atoms with van der Waals surface area (Å²) in [5.41, 5.74) is 11.1. The number of hydrogen-bond donors (Lipinski definition) is 0. The Morgan fingerprint density at radius 3 is 2.03 bits per heavy atom. The lowest BCUT2D eigenvalue weighted by Gasteiger charge is -2.21. The molecule has 0 saturated carbocycles. The van der Waals surface area contributed by atoms with Gasteiger partial charge in [-0.25, -0.2) is 15.0 Å². The minimum absolute atomic E-state index is 0.0775. The van der Waals surface area contributed by atoms with Crippen LogP contribution in [0.3, 0.4) is 0 Å². The quantitative estimate of drug-likeness (QED) is 0.178. The van der Waals surface area contributed by atoms with Gasteiger partial charge < -0.3 is 4.42 Å². The first-order chi connectivity index (χ1) is 30.2. The van der Waals surface area contributed by atoms with Crippen LogP contribution in [0.5, 0.6) is 0 Å². The highest BCUT2D eigenvalue weighted by molar-refractivity contribution is 7.26. The van der Waals surface area contributed by atoms with Crippen molar-refractivity contribution in [3.63, 3.8) is 0 Å². The van der Waals surface area contributed by atoms with E-state index in [0.717, 1.165) is 51.5 Å². The second-order valence-electron chi connectivity index (χ2n) is 16.2. The Labute approximate surface area is 355 Å². The molecule has 3 heterocycles. The monoisotopic (exact) mass is 797 g/mol. The number of para-hydroxylation sites is 1. The van der Waals surface area contributed by atoms with Gasteiger partial charge in [-0.2, -0.15) is 0 Å². The van der Waals surface area contributed by atoms with E-state index >= 15 is 0 Å². The molecule has 0 aliphatic heterocycles. The smallest absolute Gasteiger partial charge is 0.165 e. The van der Waals surface area contributed by atoms with Gasteiger partial charge in [0.1, 0.15) is 11.2 Å². The van der Waals surface area contributed by atoms with E-state index in [2.05, 4.69) is 158 Å². The molecule has 61 heavy (non-hydrogen) atoms. The fourth-order valence-electron chi connectivity index (χ4n) is 9.92. The first kappa shape index (κ1) is 34.4. The fraction of sp³-hybridized carbons (Fsp3) is 0.0536. The number of thiophene rings is 1. The molecule has 1 unspecified atom stereocenters. The van der Waals surface area contributed by atoms with E-state index in [-0.39, 0.29) is 5.92 Å². The standard InChI is InChI=1S/C56H35N3OS/c1-2-14-34(15-3-1)54-57-55(45-22-12-21-43-41-19-9-11-24-50(41)61-53(43)45)59-56(58-54)47-31-38(32-49-52(47)44-20-8-10-23-48(44)60-49)39-27-26-37-29-35-16-4-5-17-36(35)30-46(37)51-40-18-7-6-13-33(40)25-28-42(39)51/h1-25,28-32,39H,26-27H2. The Bertz CT molecular complexity index is 3730. The fourth-order valence-corrected chi connectivity index (χ4v) is 11.1. The van der Waals surface area contributed by atoms with Gasteiger partial charge in [0.05, 0.1) is 0 Å². The number of aryl methyl sites for hydroxylation is 1. The summed E-state index contributed by atoms with van der Waals surface area (Å²) in [5.74, 6) is 2.00. The largest absolute Gasteiger partial charge is 0.456 e. The summed E-state index contributed by atoms with van der Waals surface area (Å²) in [5, 5.41) is 9.56. The minimum atomic E-state index is 0.0775. The molecular formula is C56H35N3OS. The third-order valence-electron chi connectivity index (χ3n) is 12.7. The van der Waals surface area contributed by atoms with Crippen molar-refractivity contribution < 1.29 is 4.42 Å². The number of furan rings is 1. The molecule has 0 radical (unpaired) electrons. The summed E-state index contributed by atoms with van der Waals surface area (Å²) >= 11 is 1.79. The molecule has 0 fully saturated rings. The predicted octanol–water partition coefficient (Wildman–Crippen LogP) is 15.2. The van der Waals surface area contributed by atoms with E-state index in [0.29, 0.717) is 17.5 Å². The van der Waals surface area contributed by atoms with Gasteiger partial charge in [0.2, 0.25) is 0 Å². The summed E-state index contributed by atoms with van der Waals surface area (Å²) < 4.78 is 9.21. The summed E-state index contributed by atoms with van der Waals surface area (Å²) in [6.07, 6.45) is 1.88. The number of fused-ring (bicyclic) bond motifs is 12. The maximum atomic E-state index is 6.80. The van der Waals surface area contributed by atoms with Crippen LogP contribution in [-0.2, 0) is 6.42 Å². The Balaban J connectivity index is 1.08. The van der Waals surface area contributed by atoms with Gasteiger partial charge in [0, 0.05) is 53.6 Å². The normalized spacial score (nSPS) is 13.9. The molecule has 1 atom stereocenters. The van der Waals surface area contributed by atoms with Crippen molar-refractivity contribution in [3.05, 3.63) is 199 Å². The first-order valence-electron chi connectivity index (χ1n) is 20.9. The lowest BCUT2D eigenvalue weighted by molar-refractivity contribution is 0.665. The molecule has 0 spiro atoms. The Morgan fingerprint density at radius 2 is 1.16 bits per heavy atom. The number of rotatable bonds is 4. The highest BCUT2D eigenvalue weighted by atomic mass is 32.1. The van der Waals surface area contributed by atoms with Crippen molar-refractivity contribution in [1.29, 1.82) is 0 Å². The Kier molecular flexibility index (Phi) is 7.63. The van der Waals surface area contributed by atoms with Crippen LogP contribution in [0, 0.1) is 0 Å². The molecule has 0 N–H and O–H groups in total. The highest BCUT2D eigenvalue weighted by Gasteiger charge is 2.29. The summed E-state index contributed by atoms with van der Waals surface area (Å²) in [4.78, 5) is 16.0. The van der Waals surface area contributed by atoms with E-state index in [1.165, 1.54) is 69.5 Å². The number of nitrogens with zero attached hydrogens (tertiary/aromatic N) is 3. The van der Waals surface area contributed by atoms with Crippen molar-refractivity contribution in [3.8, 4) is 45.3 Å². The zero-order valence-corrected chi connectivity index (χ0v) is 33.8. The molecule has 0 saturated heterocycles. The van der Waals surface area contributed by atoms with Crippen molar-refractivity contribution in [2.75, 3.05) is 0 Å². The number of aromatic nitrogens is 3. The van der Waals surface area contributed by atoms with Gasteiger partial charge in [0.15, 0.2) is 17.5 Å². The van der Waals surface area contributed by atoms with Crippen LogP contribution in [-0.4, -0.2) is 15.0 Å². The molecule has 13 rings (SSSR count). The topological polar surface area (TPSA) is 51.8 Å². The highest BCUT2D eigenvalue weighted by Crippen LogP contribution is 2.48. The molecule has 5 heteroatoms. The van der Waals surface area contributed by atoms with Crippen molar-refractivity contribution in [2.45, 2.75) is 18.8 Å². The summed E-state index contributed by atoms with van der Waals surface area (Å²) in [6, 6.07) is 65.4. The van der Waals surface area contributed by atoms with Crippen LogP contribution in [0.4, 0.5) is 0 Å². The zero-order chi connectivity index (χ0) is 40.0. The van der Waals surface area contributed by atoms with E-state index in [1.54, 1.807) is 11.3 Å². The molecule has 12 aromatic rings. The van der Waals surface area contributed by atoms with Gasteiger partial charge in [-0.05, 0) is 98.6 Å². The molecule has 1 aliphatic carbocycles. The molecule has 0 bridgehead atoms. The molecule has 3 aromatic heterocycles. The van der Waals surface area contributed by atoms with Crippen LogP contribution in [0.1, 0.15) is 29.0 Å². The lowest BCUT2D eigenvalue weighted by atomic mass is 9.82. The van der Waals surface area contributed by atoms with Crippen LogP contribution >= 0.6 is 11.3 Å². The van der Waals surface area contributed by atoms with E-state index in [4.69, 9.17) is 19.4 Å². The van der Waals surface area contributed by atoms with Crippen LogP contribution in [0.25, 0.3) is 109 Å². The van der Waals surface area contributed by atoms with Gasteiger partial charge >= 0.3 is 0 Å². The summed E-state index contributed by atoms with van der Waals surface area (Å²) in [7, 11) is 0. The van der Waals surface area contributed by atoms with Crippen LogP contribution in [0.15, 0.2) is 186 Å². The third kappa shape index (κ3) is 5.47. The van der Waals surface area contributed by atoms with E-state index < -0.39 is 0 Å². The number of hydrogen-bond acceptors (Lipinski definition) is 5. The molecular weight excluding hydrogens is 763 g/mol. The second-order valence-corrected chi connectivity index (χ2v) is 17.2. The summed E-state index contributed by atoms with van der Waals surface area (Å²) in [6.45, 7) is 0. The third-order valence-corrected chi connectivity index (χ3v) is 14.0. The van der Waals surface area contributed by atoms with Crippen LogP contribution in [0.2, 0.25) is 0 Å². The van der Waals surface area contributed by atoms with Crippen LogP contribution < -0.4 is 0 Å². The van der Waals surface area contributed by atoms with Gasteiger partial charge in [0.25, 0.3) is 0 Å². The Hall–Kier alpha value is -7.47. The molecule has 0 amide bonds. The number of benzene rings is 9. The lowest BCUT2D eigenvalue weighted by Crippen LogP contribution is -2.05. The van der Waals surface area contributed by atoms with Gasteiger partial charge in [-0.1, -0.05) is 146 Å². The SMILES string of the molecule is c1ccc(-c2nc(-c3cccc4c3sc3ccccc34)nc(-c3cc(C4CCc5cc6ccccc6cc5-c5c4ccc4ccccc54)cc4oc5ccccc5c34)n2)cc1. The minimum Gasteiger partial charge on any atom is -0.456 e.